The van der Waals surface area contributed by atoms with Gasteiger partial charge in [0, 0.05) is 38.3 Å². The van der Waals surface area contributed by atoms with Crippen molar-refractivity contribution in [1.29, 1.82) is 0 Å². The monoisotopic (exact) mass is 361 g/mol. The van der Waals surface area contributed by atoms with Crippen molar-refractivity contribution in [3.63, 3.8) is 0 Å². The molecule has 2 aliphatic heterocycles. The Balaban J connectivity index is 1.42. The van der Waals surface area contributed by atoms with Crippen molar-refractivity contribution < 1.29 is 8.42 Å². The lowest BCUT2D eigenvalue weighted by Gasteiger charge is -2.37. The van der Waals surface area contributed by atoms with Gasteiger partial charge in [-0.15, -0.1) is 0 Å². The first-order valence-electron chi connectivity index (χ1n) is 9.05. The van der Waals surface area contributed by atoms with Crippen molar-refractivity contribution >= 4 is 10.0 Å². The molecule has 2 aromatic rings. The van der Waals surface area contributed by atoms with Crippen molar-refractivity contribution in [2.24, 2.45) is 7.05 Å². The van der Waals surface area contributed by atoms with Gasteiger partial charge in [-0.2, -0.15) is 5.10 Å². The molecule has 8 heteroatoms. The minimum atomic E-state index is -3.05. The number of aromatic nitrogens is 4. The topological polar surface area (TPSA) is 73.0 Å². The molecule has 1 spiro atoms. The van der Waals surface area contributed by atoms with E-state index in [9.17, 15) is 8.42 Å². The minimum Gasteiger partial charge on any atom is -0.326 e. The number of aryl methyl sites for hydroxylation is 1. The average molecular weight is 361 g/mol. The molecular formula is C17H23N5O2S. The highest BCUT2D eigenvalue weighted by Crippen LogP contribution is 2.45. The van der Waals surface area contributed by atoms with Gasteiger partial charge in [0.15, 0.2) is 0 Å². The SMILES string of the molecule is Cn1nccc1-c1cnc2n1CCC21CCN(S(=O)(=O)C2CC2)CC1. The van der Waals surface area contributed by atoms with Gasteiger partial charge in [-0.3, -0.25) is 4.68 Å². The van der Waals surface area contributed by atoms with Crippen LogP contribution in [0.5, 0.6) is 0 Å². The molecule has 3 aliphatic rings. The molecule has 0 N–H and O–H groups in total. The molecule has 2 fully saturated rings. The van der Waals surface area contributed by atoms with E-state index in [-0.39, 0.29) is 10.7 Å². The zero-order chi connectivity index (χ0) is 17.2. The third kappa shape index (κ3) is 2.23. The smallest absolute Gasteiger partial charge is 0.216 e. The van der Waals surface area contributed by atoms with Crippen LogP contribution in [0.1, 0.15) is 37.9 Å². The fraction of sp³-hybridized carbons (Fsp3) is 0.647. The number of imidazole rings is 1. The quantitative estimate of drug-likeness (QED) is 0.831. The summed E-state index contributed by atoms with van der Waals surface area (Å²) in [6, 6.07) is 2.01. The Morgan fingerprint density at radius 2 is 1.84 bits per heavy atom. The number of sulfonamides is 1. The molecule has 5 rings (SSSR count). The molecule has 0 amide bonds. The maximum atomic E-state index is 12.5. The van der Waals surface area contributed by atoms with E-state index in [1.165, 1.54) is 0 Å². The van der Waals surface area contributed by atoms with Crippen LogP contribution in [-0.2, 0) is 29.0 Å². The van der Waals surface area contributed by atoms with Crippen molar-refractivity contribution in [3.05, 3.63) is 24.3 Å². The second-order valence-electron chi connectivity index (χ2n) is 7.63. The molecule has 2 aromatic heterocycles. The summed E-state index contributed by atoms with van der Waals surface area (Å²) in [5.41, 5.74) is 2.22. The predicted octanol–water partition coefficient (Wildman–Crippen LogP) is 1.51. The summed E-state index contributed by atoms with van der Waals surface area (Å²) in [6.07, 6.45) is 8.23. The van der Waals surface area contributed by atoms with Crippen LogP contribution < -0.4 is 0 Å². The van der Waals surface area contributed by atoms with Crippen LogP contribution in [0.15, 0.2) is 18.5 Å². The fourth-order valence-electron chi connectivity index (χ4n) is 4.51. The lowest BCUT2D eigenvalue weighted by molar-refractivity contribution is 0.227. The Morgan fingerprint density at radius 1 is 1.12 bits per heavy atom. The van der Waals surface area contributed by atoms with E-state index in [0.717, 1.165) is 55.9 Å². The van der Waals surface area contributed by atoms with Crippen LogP contribution in [0.3, 0.4) is 0 Å². The van der Waals surface area contributed by atoms with Gasteiger partial charge in [-0.25, -0.2) is 17.7 Å². The molecule has 1 saturated heterocycles. The molecule has 0 unspecified atom stereocenters. The zero-order valence-electron chi connectivity index (χ0n) is 14.4. The highest BCUT2D eigenvalue weighted by molar-refractivity contribution is 7.90. The number of hydrogen-bond donors (Lipinski definition) is 0. The highest BCUT2D eigenvalue weighted by atomic mass is 32.2. The second-order valence-corrected chi connectivity index (χ2v) is 9.85. The van der Waals surface area contributed by atoms with Crippen molar-refractivity contribution in [2.45, 2.75) is 49.3 Å². The fourth-order valence-corrected chi connectivity index (χ4v) is 6.36. The first-order valence-corrected chi connectivity index (χ1v) is 10.5. The molecular weight excluding hydrogens is 338 g/mol. The van der Waals surface area contributed by atoms with E-state index < -0.39 is 10.0 Å². The van der Waals surface area contributed by atoms with Crippen molar-refractivity contribution in [1.82, 2.24) is 23.6 Å². The highest BCUT2D eigenvalue weighted by Gasteiger charge is 2.48. The second kappa shape index (κ2) is 5.17. The van der Waals surface area contributed by atoms with E-state index >= 15 is 0 Å². The summed E-state index contributed by atoms with van der Waals surface area (Å²) in [4.78, 5) is 4.76. The Bertz CT molecular complexity index is 917. The van der Waals surface area contributed by atoms with Gasteiger partial charge in [0.1, 0.15) is 5.82 Å². The van der Waals surface area contributed by atoms with Crippen LogP contribution >= 0.6 is 0 Å². The summed E-state index contributed by atoms with van der Waals surface area (Å²) in [6.45, 7) is 2.21. The Morgan fingerprint density at radius 3 is 2.48 bits per heavy atom. The van der Waals surface area contributed by atoms with E-state index in [1.54, 1.807) is 10.5 Å². The predicted molar refractivity (Wildman–Crippen MR) is 93.5 cm³/mol. The van der Waals surface area contributed by atoms with Crippen LogP contribution in [0.4, 0.5) is 0 Å². The summed E-state index contributed by atoms with van der Waals surface area (Å²) >= 11 is 0. The number of rotatable bonds is 3. The Hall–Kier alpha value is -1.67. The van der Waals surface area contributed by atoms with E-state index in [0.29, 0.717) is 13.1 Å². The third-order valence-corrected chi connectivity index (χ3v) is 8.61. The molecule has 0 bridgehead atoms. The molecule has 7 nitrogen and oxygen atoms in total. The van der Waals surface area contributed by atoms with E-state index in [2.05, 4.69) is 9.67 Å². The Kier molecular flexibility index (Phi) is 3.22. The molecule has 134 valence electrons. The van der Waals surface area contributed by atoms with Gasteiger partial charge >= 0.3 is 0 Å². The summed E-state index contributed by atoms with van der Waals surface area (Å²) in [7, 11) is -1.11. The maximum absolute atomic E-state index is 12.5. The first kappa shape index (κ1) is 15.6. The normalized spacial score (nSPS) is 23.2. The van der Waals surface area contributed by atoms with E-state index in [4.69, 9.17) is 4.98 Å². The van der Waals surface area contributed by atoms with Gasteiger partial charge in [-0.05, 0) is 38.2 Å². The van der Waals surface area contributed by atoms with Gasteiger partial charge in [0.2, 0.25) is 10.0 Å². The van der Waals surface area contributed by atoms with Crippen LogP contribution in [-0.4, -0.2) is 50.4 Å². The lowest BCUT2D eigenvalue weighted by atomic mass is 9.77. The maximum Gasteiger partial charge on any atom is 0.216 e. The largest absolute Gasteiger partial charge is 0.326 e. The minimum absolute atomic E-state index is 0.0341. The van der Waals surface area contributed by atoms with Crippen molar-refractivity contribution in [3.8, 4) is 11.4 Å². The number of piperidine rings is 1. The van der Waals surface area contributed by atoms with Gasteiger partial charge in [0.25, 0.3) is 0 Å². The summed E-state index contributed by atoms with van der Waals surface area (Å²) < 4.78 is 30.9. The molecule has 4 heterocycles. The van der Waals surface area contributed by atoms with Gasteiger partial charge < -0.3 is 4.57 Å². The van der Waals surface area contributed by atoms with E-state index in [1.807, 2.05) is 24.0 Å². The van der Waals surface area contributed by atoms with Crippen LogP contribution in [0.2, 0.25) is 0 Å². The van der Waals surface area contributed by atoms with Gasteiger partial charge in [-0.1, -0.05) is 0 Å². The average Bonchev–Trinajstić information content (AvgIpc) is 3.13. The lowest BCUT2D eigenvalue weighted by Crippen LogP contribution is -2.45. The van der Waals surface area contributed by atoms with Crippen molar-refractivity contribution in [2.75, 3.05) is 13.1 Å². The number of nitrogens with zero attached hydrogens (tertiary/aromatic N) is 5. The molecule has 0 aromatic carbocycles. The number of hydrogen-bond acceptors (Lipinski definition) is 4. The molecule has 0 atom stereocenters. The zero-order valence-corrected chi connectivity index (χ0v) is 15.2. The van der Waals surface area contributed by atoms with Crippen LogP contribution in [0, 0.1) is 0 Å². The molecule has 1 saturated carbocycles. The molecule has 25 heavy (non-hydrogen) atoms. The Labute approximate surface area is 147 Å². The standard InChI is InChI=1S/C17H23N5O2S/c1-20-14(4-8-19-20)15-12-18-16-17(7-11-22(15)16)5-9-21(10-6-17)25(23,24)13-2-3-13/h4,8,12-13H,2-3,5-7,9-11H2,1H3. The third-order valence-electron chi connectivity index (χ3n) is 6.21. The first-order chi connectivity index (χ1) is 12.0. The van der Waals surface area contributed by atoms with Crippen LogP contribution in [0.25, 0.3) is 11.4 Å². The summed E-state index contributed by atoms with van der Waals surface area (Å²) in [5, 5.41) is 4.16. The molecule has 1 aliphatic carbocycles. The number of fused-ring (bicyclic) bond motifs is 2. The van der Waals surface area contributed by atoms with Gasteiger partial charge in [0.05, 0.1) is 22.8 Å². The molecule has 0 radical (unpaired) electrons. The summed E-state index contributed by atoms with van der Waals surface area (Å²) in [5.74, 6) is 1.13.